The van der Waals surface area contributed by atoms with Crippen molar-refractivity contribution in [1.82, 2.24) is 5.32 Å². The summed E-state index contributed by atoms with van der Waals surface area (Å²) in [6.07, 6.45) is 5.46. The Morgan fingerprint density at radius 2 is 2.43 bits per heavy atom. The molecule has 1 aliphatic rings. The third-order valence-corrected chi connectivity index (χ3v) is 5.18. The van der Waals surface area contributed by atoms with Gasteiger partial charge in [0.05, 0.1) is 4.21 Å². The molecule has 0 spiro atoms. The van der Waals surface area contributed by atoms with Crippen LogP contribution in [0.3, 0.4) is 0 Å². The quantitative estimate of drug-likeness (QED) is 0.849. The van der Waals surface area contributed by atoms with Gasteiger partial charge in [-0.15, -0.1) is 23.1 Å². The minimum Gasteiger partial charge on any atom is -0.317 e. The molecule has 2 rings (SSSR count). The molecule has 0 saturated heterocycles. The Morgan fingerprint density at radius 3 is 3.14 bits per heavy atom. The van der Waals surface area contributed by atoms with Gasteiger partial charge in [-0.1, -0.05) is 12.5 Å². The Balaban J connectivity index is 1.86. The Bertz CT molecular complexity index is 258. The lowest BCUT2D eigenvalue weighted by Crippen LogP contribution is -2.32. The van der Waals surface area contributed by atoms with Crippen LogP contribution in [0.15, 0.2) is 21.7 Å². The molecule has 0 amide bonds. The van der Waals surface area contributed by atoms with Crippen molar-refractivity contribution in [2.24, 2.45) is 0 Å². The van der Waals surface area contributed by atoms with Crippen molar-refractivity contribution in [3.63, 3.8) is 0 Å². The summed E-state index contributed by atoms with van der Waals surface area (Å²) in [5.74, 6) is 0. The highest BCUT2D eigenvalue weighted by Crippen LogP contribution is 2.35. The van der Waals surface area contributed by atoms with Crippen LogP contribution in [-0.2, 0) is 0 Å². The average Bonchev–Trinajstić information content (AvgIpc) is 2.71. The third-order valence-electron chi connectivity index (χ3n) is 2.81. The topological polar surface area (TPSA) is 12.0 Å². The summed E-state index contributed by atoms with van der Waals surface area (Å²) >= 11 is 3.94. The first-order valence-corrected chi connectivity index (χ1v) is 7.02. The van der Waals surface area contributed by atoms with Gasteiger partial charge in [0.1, 0.15) is 0 Å². The van der Waals surface area contributed by atoms with E-state index in [0.29, 0.717) is 0 Å². The molecular weight excluding hydrogens is 210 g/mol. The summed E-state index contributed by atoms with van der Waals surface area (Å²) in [7, 11) is 2.09. The molecule has 1 fully saturated rings. The Morgan fingerprint density at radius 1 is 1.50 bits per heavy atom. The number of hydrogen-bond donors (Lipinski definition) is 1. The summed E-state index contributed by atoms with van der Waals surface area (Å²) in [6.45, 7) is 0. The molecule has 1 aromatic rings. The van der Waals surface area contributed by atoms with E-state index in [2.05, 4.69) is 41.6 Å². The van der Waals surface area contributed by atoms with Crippen molar-refractivity contribution in [3.8, 4) is 0 Å². The molecule has 1 aromatic heterocycles. The molecule has 2 atom stereocenters. The molecule has 1 saturated carbocycles. The van der Waals surface area contributed by atoms with Gasteiger partial charge in [0.2, 0.25) is 0 Å². The van der Waals surface area contributed by atoms with Gasteiger partial charge in [0, 0.05) is 11.3 Å². The van der Waals surface area contributed by atoms with E-state index in [-0.39, 0.29) is 0 Å². The minimum atomic E-state index is 0.751. The van der Waals surface area contributed by atoms with Gasteiger partial charge in [0.25, 0.3) is 0 Å². The van der Waals surface area contributed by atoms with Gasteiger partial charge in [-0.25, -0.2) is 0 Å². The highest BCUT2D eigenvalue weighted by molar-refractivity contribution is 8.01. The van der Waals surface area contributed by atoms with Crippen LogP contribution in [0.1, 0.15) is 25.7 Å². The predicted molar refractivity (Wildman–Crippen MR) is 65.3 cm³/mol. The van der Waals surface area contributed by atoms with E-state index >= 15 is 0 Å². The average molecular weight is 227 g/mol. The van der Waals surface area contributed by atoms with E-state index in [4.69, 9.17) is 0 Å². The summed E-state index contributed by atoms with van der Waals surface area (Å²) in [5.41, 5.74) is 0. The Hall–Kier alpha value is 0.01000. The molecule has 3 heteroatoms. The van der Waals surface area contributed by atoms with Crippen LogP contribution in [0, 0.1) is 0 Å². The second-order valence-electron chi connectivity index (χ2n) is 3.82. The van der Waals surface area contributed by atoms with Gasteiger partial charge in [-0.05, 0) is 37.8 Å². The second kappa shape index (κ2) is 5.19. The van der Waals surface area contributed by atoms with Crippen molar-refractivity contribution in [2.45, 2.75) is 41.2 Å². The van der Waals surface area contributed by atoms with Gasteiger partial charge in [-0.3, -0.25) is 0 Å². The molecule has 14 heavy (non-hydrogen) atoms. The standard InChI is InChI=1S/C11H17NS2/c1-12-9-4-2-5-10(8-9)14-11-6-3-7-13-11/h3,6-7,9-10,12H,2,4-5,8H2,1H3. The molecule has 0 aromatic carbocycles. The summed E-state index contributed by atoms with van der Waals surface area (Å²) in [5, 5.41) is 6.40. The van der Waals surface area contributed by atoms with Crippen LogP contribution < -0.4 is 5.32 Å². The minimum absolute atomic E-state index is 0.751. The summed E-state index contributed by atoms with van der Waals surface area (Å²) < 4.78 is 1.48. The van der Waals surface area contributed by atoms with Crippen molar-refractivity contribution in [2.75, 3.05) is 7.05 Å². The maximum absolute atomic E-state index is 3.40. The number of rotatable bonds is 3. The van der Waals surface area contributed by atoms with Crippen LogP contribution in [0.4, 0.5) is 0 Å². The molecular formula is C11H17NS2. The lowest BCUT2D eigenvalue weighted by Gasteiger charge is -2.27. The molecule has 1 heterocycles. The normalized spacial score (nSPS) is 27.8. The van der Waals surface area contributed by atoms with E-state index < -0.39 is 0 Å². The zero-order valence-electron chi connectivity index (χ0n) is 8.53. The number of nitrogens with one attached hydrogen (secondary N) is 1. The zero-order valence-corrected chi connectivity index (χ0v) is 10.2. The van der Waals surface area contributed by atoms with Crippen molar-refractivity contribution in [3.05, 3.63) is 17.5 Å². The van der Waals surface area contributed by atoms with Gasteiger partial charge in [0.15, 0.2) is 0 Å². The molecule has 78 valence electrons. The van der Waals surface area contributed by atoms with E-state index in [0.717, 1.165) is 11.3 Å². The van der Waals surface area contributed by atoms with Gasteiger partial charge in [-0.2, -0.15) is 0 Å². The number of thioether (sulfide) groups is 1. The Labute approximate surface area is 94.3 Å². The SMILES string of the molecule is CNC1CCCC(Sc2cccs2)C1. The number of thiophene rings is 1. The highest BCUT2D eigenvalue weighted by atomic mass is 32.2. The van der Waals surface area contributed by atoms with Crippen molar-refractivity contribution >= 4 is 23.1 Å². The predicted octanol–water partition coefficient (Wildman–Crippen LogP) is 3.37. The maximum Gasteiger partial charge on any atom is 0.0601 e. The summed E-state index contributed by atoms with van der Waals surface area (Å²) in [6, 6.07) is 5.13. The van der Waals surface area contributed by atoms with Crippen LogP contribution >= 0.6 is 23.1 Å². The first kappa shape index (κ1) is 10.5. The van der Waals surface area contributed by atoms with Gasteiger partial charge >= 0.3 is 0 Å². The smallest absolute Gasteiger partial charge is 0.0601 e. The maximum atomic E-state index is 3.40. The van der Waals surface area contributed by atoms with E-state index in [1.54, 1.807) is 0 Å². The largest absolute Gasteiger partial charge is 0.317 e. The summed E-state index contributed by atoms with van der Waals surface area (Å²) in [4.78, 5) is 0. The van der Waals surface area contributed by atoms with E-state index in [1.165, 1.54) is 29.9 Å². The molecule has 2 unspecified atom stereocenters. The van der Waals surface area contributed by atoms with Crippen LogP contribution in [-0.4, -0.2) is 18.3 Å². The molecule has 0 radical (unpaired) electrons. The molecule has 0 aliphatic heterocycles. The second-order valence-corrected chi connectivity index (χ2v) is 6.37. The molecule has 1 N–H and O–H groups in total. The third kappa shape index (κ3) is 2.75. The van der Waals surface area contributed by atoms with E-state index in [9.17, 15) is 0 Å². The first-order valence-electron chi connectivity index (χ1n) is 5.26. The highest BCUT2D eigenvalue weighted by Gasteiger charge is 2.21. The monoisotopic (exact) mass is 227 g/mol. The zero-order chi connectivity index (χ0) is 9.80. The van der Waals surface area contributed by atoms with Crippen LogP contribution in [0.5, 0.6) is 0 Å². The van der Waals surface area contributed by atoms with Crippen molar-refractivity contribution in [1.29, 1.82) is 0 Å². The van der Waals surface area contributed by atoms with Gasteiger partial charge < -0.3 is 5.32 Å². The van der Waals surface area contributed by atoms with E-state index in [1.807, 2.05) is 11.3 Å². The first-order chi connectivity index (χ1) is 6.88. The Kier molecular flexibility index (Phi) is 3.90. The number of hydrogen-bond acceptors (Lipinski definition) is 3. The lowest BCUT2D eigenvalue weighted by molar-refractivity contribution is 0.402. The fraction of sp³-hybridized carbons (Fsp3) is 0.636. The van der Waals surface area contributed by atoms with Crippen LogP contribution in [0.2, 0.25) is 0 Å². The van der Waals surface area contributed by atoms with Crippen molar-refractivity contribution < 1.29 is 0 Å². The molecule has 0 bridgehead atoms. The van der Waals surface area contributed by atoms with Crippen LogP contribution in [0.25, 0.3) is 0 Å². The fourth-order valence-corrected chi connectivity index (χ4v) is 4.35. The molecule has 1 aliphatic carbocycles. The molecule has 1 nitrogen and oxygen atoms in total. The lowest BCUT2D eigenvalue weighted by atomic mass is 9.95. The fourth-order valence-electron chi connectivity index (χ4n) is 2.01.